The Bertz CT molecular complexity index is 352. The fourth-order valence-electron chi connectivity index (χ4n) is 1.19. The molecular formula is C11H11FO2. The van der Waals surface area contributed by atoms with E-state index < -0.39 is 5.97 Å². The summed E-state index contributed by atoms with van der Waals surface area (Å²) in [6.07, 6.45) is 1.69. The molecule has 0 saturated heterocycles. The molecule has 0 aromatic heterocycles. The molecule has 0 fully saturated rings. The molecule has 0 atom stereocenters. The Kier molecular flexibility index (Phi) is 3.40. The van der Waals surface area contributed by atoms with E-state index in [-0.39, 0.29) is 5.82 Å². The lowest BCUT2D eigenvalue weighted by Gasteiger charge is -2.00. The van der Waals surface area contributed by atoms with E-state index in [1.165, 1.54) is 12.1 Å². The van der Waals surface area contributed by atoms with Crippen LogP contribution in [0.4, 0.5) is 4.39 Å². The zero-order valence-electron chi connectivity index (χ0n) is 7.83. The summed E-state index contributed by atoms with van der Waals surface area (Å²) in [5, 5.41) is 8.47. The lowest BCUT2D eigenvalue weighted by Crippen LogP contribution is -1.93. The smallest absolute Gasteiger partial charge is 0.328 e. The van der Waals surface area contributed by atoms with Gasteiger partial charge in [-0.25, -0.2) is 9.18 Å². The molecule has 14 heavy (non-hydrogen) atoms. The van der Waals surface area contributed by atoms with Gasteiger partial charge in [-0.2, -0.15) is 0 Å². The van der Waals surface area contributed by atoms with Crippen LogP contribution >= 0.6 is 0 Å². The number of allylic oxidation sites excluding steroid dienone is 1. The molecule has 0 saturated carbocycles. The first kappa shape index (κ1) is 10.4. The Hall–Kier alpha value is -1.64. The third-order valence-corrected chi connectivity index (χ3v) is 1.77. The van der Waals surface area contributed by atoms with Crippen LogP contribution in [0.5, 0.6) is 0 Å². The topological polar surface area (TPSA) is 37.3 Å². The van der Waals surface area contributed by atoms with Crippen molar-refractivity contribution in [2.45, 2.75) is 13.3 Å². The highest BCUT2D eigenvalue weighted by Gasteiger charge is 1.97. The molecule has 1 aromatic carbocycles. The number of benzene rings is 1. The highest BCUT2D eigenvalue weighted by atomic mass is 19.1. The Morgan fingerprint density at radius 3 is 2.50 bits per heavy atom. The summed E-state index contributed by atoms with van der Waals surface area (Å²) in [4.78, 5) is 10.3. The van der Waals surface area contributed by atoms with Crippen molar-refractivity contribution in [3.8, 4) is 0 Å². The minimum Gasteiger partial charge on any atom is -0.478 e. The van der Waals surface area contributed by atoms with E-state index in [1.807, 2.05) is 0 Å². The van der Waals surface area contributed by atoms with Gasteiger partial charge < -0.3 is 5.11 Å². The highest BCUT2D eigenvalue weighted by Crippen LogP contribution is 2.08. The second-order valence-electron chi connectivity index (χ2n) is 3.13. The molecule has 0 aliphatic rings. The molecule has 0 spiro atoms. The average molecular weight is 194 g/mol. The quantitative estimate of drug-likeness (QED) is 0.750. The molecule has 3 heteroatoms. The van der Waals surface area contributed by atoms with Crippen molar-refractivity contribution >= 4 is 5.97 Å². The van der Waals surface area contributed by atoms with Gasteiger partial charge in [0.05, 0.1) is 0 Å². The fourth-order valence-corrected chi connectivity index (χ4v) is 1.19. The summed E-state index contributed by atoms with van der Waals surface area (Å²) in [6, 6.07) is 6.02. The van der Waals surface area contributed by atoms with Gasteiger partial charge in [0.25, 0.3) is 0 Å². The largest absolute Gasteiger partial charge is 0.478 e. The molecule has 0 aliphatic carbocycles. The third kappa shape index (κ3) is 3.39. The SMILES string of the molecule is C/C(=C\C(=O)O)Cc1ccc(F)cc1. The van der Waals surface area contributed by atoms with Gasteiger partial charge >= 0.3 is 5.97 Å². The average Bonchev–Trinajstić information content (AvgIpc) is 2.07. The standard InChI is InChI=1S/C11H11FO2/c1-8(7-11(13)14)6-9-2-4-10(12)5-3-9/h2-5,7H,6H2,1H3,(H,13,14)/b8-7+. The van der Waals surface area contributed by atoms with E-state index in [9.17, 15) is 9.18 Å². The minimum absolute atomic E-state index is 0.284. The molecular weight excluding hydrogens is 183 g/mol. The maximum absolute atomic E-state index is 12.5. The van der Waals surface area contributed by atoms with Crippen molar-refractivity contribution in [1.29, 1.82) is 0 Å². The number of hydrogen-bond donors (Lipinski definition) is 1. The van der Waals surface area contributed by atoms with E-state index >= 15 is 0 Å². The summed E-state index contributed by atoms with van der Waals surface area (Å²) in [5.74, 6) is -1.24. The lowest BCUT2D eigenvalue weighted by molar-refractivity contribution is -0.131. The molecule has 1 rings (SSSR count). The summed E-state index contributed by atoms with van der Waals surface area (Å²) in [7, 11) is 0. The van der Waals surface area contributed by atoms with Gasteiger partial charge in [0.15, 0.2) is 0 Å². The van der Waals surface area contributed by atoms with Crippen molar-refractivity contribution in [2.75, 3.05) is 0 Å². The van der Waals surface area contributed by atoms with Gasteiger partial charge in [-0.3, -0.25) is 0 Å². The summed E-state index contributed by atoms with van der Waals surface area (Å²) < 4.78 is 12.5. The molecule has 1 aromatic rings. The maximum atomic E-state index is 12.5. The predicted molar refractivity (Wildman–Crippen MR) is 51.5 cm³/mol. The van der Waals surface area contributed by atoms with Crippen LogP contribution in [0.3, 0.4) is 0 Å². The molecule has 0 amide bonds. The van der Waals surface area contributed by atoms with Crippen molar-refractivity contribution < 1.29 is 14.3 Å². The third-order valence-electron chi connectivity index (χ3n) is 1.77. The van der Waals surface area contributed by atoms with E-state index in [4.69, 9.17) is 5.11 Å². The van der Waals surface area contributed by atoms with Crippen molar-refractivity contribution in [3.63, 3.8) is 0 Å². The number of carboxylic acids is 1. The van der Waals surface area contributed by atoms with Crippen LogP contribution in [0.2, 0.25) is 0 Å². The summed E-state index contributed by atoms with van der Waals surface area (Å²) in [6.45, 7) is 1.73. The highest BCUT2D eigenvalue weighted by molar-refractivity contribution is 5.80. The Morgan fingerprint density at radius 1 is 1.43 bits per heavy atom. The van der Waals surface area contributed by atoms with E-state index in [0.29, 0.717) is 6.42 Å². The lowest BCUT2D eigenvalue weighted by atomic mass is 10.1. The second-order valence-corrected chi connectivity index (χ2v) is 3.13. The van der Waals surface area contributed by atoms with E-state index in [1.54, 1.807) is 19.1 Å². The van der Waals surface area contributed by atoms with Crippen molar-refractivity contribution in [2.24, 2.45) is 0 Å². The summed E-state index contributed by atoms with van der Waals surface area (Å²) >= 11 is 0. The molecule has 2 nitrogen and oxygen atoms in total. The minimum atomic E-state index is -0.954. The van der Waals surface area contributed by atoms with Crippen LogP contribution in [-0.4, -0.2) is 11.1 Å². The van der Waals surface area contributed by atoms with Gasteiger partial charge in [-0.15, -0.1) is 0 Å². The normalized spacial score (nSPS) is 11.4. The van der Waals surface area contributed by atoms with Gasteiger partial charge in [0, 0.05) is 6.08 Å². The first-order valence-electron chi connectivity index (χ1n) is 4.22. The Morgan fingerprint density at radius 2 is 2.00 bits per heavy atom. The first-order chi connectivity index (χ1) is 6.58. The van der Waals surface area contributed by atoms with Crippen molar-refractivity contribution in [3.05, 3.63) is 47.3 Å². The van der Waals surface area contributed by atoms with Crippen LogP contribution < -0.4 is 0 Å². The van der Waals surface area contributed by atoms with E-state index in [0.717, 1.165) is 17.2 Å². The van der Waals surface area contributed by atoms with Crippen LogP contribution in [-0.2, 0) is 11.2 Å². The molecule has 74 valence electrons. The Balaban J connectivity index is 2.69. The van der Waals surface area contributed by atoms with Gasteiger partial charge in [-0.1, -0.05) is 17.7 Å². The maximum Gasteiger partial charge on any atom is 0.328 e. The van der Waals surface area contributed by atoms with Gasteiger partial charge in [0.1, 0.15) is 5.82 Å². The monoisotopic (exact) mass is 194 g/mol. The van der Waals surface area contributed by atoms with Crippen LogP contribution in [0.1, 0.15) is 12.5 Å². The second kappa shape index (κ2) is 4.56. The molecule has 0 aliphatic heterocycles. The first-order valence-corrected chi connectivity index (χ1v) is 4.22. The van der Waals surface area contributed by atoms with Crippen molar-refractivity contribution in [1.82, 2.24) is 0 Å². The molecule has 0 unspecified atom stereocenters. The predicted octanol–water partition coefficient (Wildman–Crippen LogP) is 2.40. The number of halogens is 1. The number of aliphatic carboxylic acids is 1. The van der Waals surface area contributed by atoms with Crippen LogP contribution in [0.15, 0.2) is 35.9 Å². The van der Waals surface area contributed by atoms with Gasteiger partial charge in [-0.05, 0) is 31.0 Å². The molecule has 0 radical (unpaired) electrons. The zero-order valence-corrected chi connectivity index (χ0v) is 7.83. The number of carboxylic acid groups (broad SMARTS) is 1. The summed E-state index contributed by atoms with van der Waals surface area (Å²) in [5.41, 5.74) is 1.64. The van der Waals surface area contributed by atoms with E-state index in [2.05, 4.69) is 0 Å². The van der Waals surface area contributed by atoms with Gasteiger partial charge in [0.2, 0.25) is 0 Å². The Labute approximate surface area is 81.7 Å². The zero-order chi connectivity index (χ0) is 10.6. The van der Waals surface area contributed by atoms with Crippen LogP contribution in [0, 0.1) is 5.82 Å². The fraction of sp³-hybridized carbons (Fsp3) is 0.182. The number of rotatable bonds is 3. The molecule has 1 N–H and O–H groups in total. The molecule has 0 bridgehead atoms. The van der Waals surface area contributed by atoms with Crippen LogP contribution in [0.25, 0.3) is 0 Å². The number of carbonyl (C=O) groups is 1. The molecule has 0 heterocycles. The number of hydrogen-bond acceptors (Lipinski definition) is 1.